The Hall–Kier alpha value is -2.53. The van der Waals surface area contributed by atoms with Crippen molar-refractivity contribution < 1.29 is 14.3 Å². The number of carbonyl (C=O) groups is 2. The highest BCUT2D eigenvalue weighted by atomic mass is 35.5. The highest BCUT2D eigenvalue weighted by Gasteiger charge is 2.33. The molecule has 1 fully saturated rings. The number of hydrogen-bond donors (Lipinski definition) is 1. The second kappa shape index (κ2) is 7.61. The van der Waals surface area contributed by atoms with Crippen molar-refractivity contribution in [1.82, 2.24) is 5.32 Å². The Bertz CT molecular complexity index is 849. The van der Waals surface area contributed by atoms with Crippen LogP contribution in [-0.2, 0) is 9.59 Å². The van der Waals surface area contributed by atoms with E-state index in [9.17, 15) is 9.59 Å². The predicted octanol–water partition coefficient (Wildman–Crippen LogP) is 3.72. The van der Waals surface area contributed by atoms with Crippen LogP contribution in [0.5, 0.6) is 5.75 Å². The van der Waals surface area contributed by atoms with Gasteiger partial charge in [-0.25, -0.2) is 0 Å². The maximum absolute atomic E-state index is 12.6. The van der Waals surface area contributed by atoms with Gasteiger partial charge in [0.05, 0.1) is 11.7 Å². The molecule has 1 atom stereocenters. The molecule has 1 N–H and O–H groups in total. The third kappa shape index (κ3) is 4.08. The molecule has 1 aliphatic heterocycles. The molecule has 0 radical (unpaired) electrons. The predicted molar refractivity (Wildman–Crippen MR) is 104 cm³/mol. The van der Waals surface area contributed by atoms with Gasteiger partial charge in [0.15, 0.2) is 6.61 Å². The number of carbonyl (C=O) groups excluding carboxylic acids is 2. The standard InChI is InChI=1S/C21H21ClN2O3/c22-16-9-7-15(8-10-16)21(14-5-6-14)23-19(25)11-12-24-17-3-1-2-4-18(17)27-13-20(24)26/h1-4,7-10,14,21H,5-6,11-13H2,(H,23,25). The third-order valence-electron chi connectivity index (χ3n) is 5.01. The van der Waals surface area contributed by atoms with Crippen LogP contribution in [0.15, 0.2) is 48.5 Å². The van der Waals surface area contributed by atoms with E-state index in [1.807, 2.05) is 48.5 Å². The van der Waals surface area contributed by atoms with Crippen LogP contribution < -0.4 is 15.0 Å². The molecule has 0 aromatic heterocycles. The number of anilines is 1. The van der Waals surface area contributed by atoms with Crippen molar-refractivity contribution in [3.05, 3.63) is 59.1 Å². The minimum atomic E-state index is -0.127. The summed E-state index contributed by atoms with van der Waals surface area (Å²) in [6, 6.07) is 15.0. The first-order valence-corrected chi connectivity index (χ1v) is 9.56. The lowest BCUT2D eigenvalue weighted by atomic mass is 10.0. The lowest BCUT2D eigenvalue weighted by Crippen LogP contribution is -2.41. The first kappa shape index (κ1) is 17.9. The number of nitrogens with one attached hydrogen (secondary N) is 1. The molecule has 0 saturated heterocycles. The summed E-state index contributed by atoms with van der Waals surface area (Å²) < 4.78 is 5.44. The average molecular weight is 385 g/mol. The van der Waals surface area contributed by atoms with Gasteiger partial charge in [-0.15, -0.1) is 0 Å². The minimum Gasteiger partial charge on any atom is -0.482 e. The van der Waals surface area contributed by atoms with Gasteiger partial charge >= 0.3 is 0 Å². The summed E-state index contributed by atoms with van der Waals surface area (Å²) in [5.41, 5.74) is 1.79. The molecule has 2 amide bonds. The second-order valence-corrected chi connectivity index (χ2v) is 7.42. The summed E-state index contributed by atoms with van der Waals surface area (Å²) in [6.45, 7) is 0.344. The Morgan fingerprint density at radius 3 is 2.67 bits per heavy atom. The second-order valence-electron chi connectivity index (χ2n) is 6.99. The molecule has 2 aromatic rings. The summed E-state index contributed by atoms with van der Waals surface area (Å²) in [7, 11) is 0. The van der Waals surface area contributed by atoms with E-state index in [0.717, 1.165) is 24.1 Å². The van der Waals surface area contributed by atoms with Crippen molar-refractivity contribution in [1.29, 1.82) is 0 Å². The fraction of sp³-hybridized carbons (Fsp3) is 0.333. The number of benzene rings is 2. The van der Waals surface area contributed by atoms with Crippen LogP contribution in [0.3, 0.4) is 0 Å². The number of rotatable bonds is 6. The molecule has 0 bridgehead atoms. The van der Waals surface area contributed by atoms with Gasteiger partial charge in [-0.1, -0.05) is 35.9 Å². The molecule has 0 spiro atoms. The van der Waals surface area contributed by atoms with E-state index in [1.165, 1.54) is 0 Å². The van der Waals surface area contributed by atoms with E-state index in [1.54, 1.807) is 4.90 Å². The fourth-order valence-corrected chi connectivity index (χ4v) is 3.56. The lowest BCUT2D eigenvalue weighted by molar-refractivity contribution is -0.122. The summed E-state index contributed by atoms with van der Waals surface area (Å²) >= 11 is 5.97. The summed E-state index contributed by atoms with van der Waals surface area (Å²) in [6.07, 6.45) is 2.47. The van der Waals surface area contributed by atoms with Crippen molar-refractivity contribution in [3.63, 3.8) is 0 Å². The Balaban J connectivity index is 1.40. The largest absolute Gasteiger partial charge is 0.482 e. The van der Waals surface area contributed by atoms with Gasteiger partial charge in [0.2, 0.25) is 5.91 Å². The first-order chi connectivity index (χ1) is 13.1. The highest BCUT2D eigenvalue weighted by Crippen LogP contribution is 2.41. The molecule has 1 unspecified atom stereocenters. The van der Waals surface area contributed by atoms with Crippen LogP contribution >= 0.6 is 11.6 Å². The van der Waals surface area contributed by atoms with Gasteiger partial charge in [0, 0.05) is 18.0 Å². The zero-order valence-electron chi connectivity index (χ0n) is 14.9. The van der Waals surface area contributed by atoms with Gasteiger partial charge in [-0.3, -0.25) is 9.59 Å². The maximum Gasteiger partial charge on any atom is 0.265 e. The van der Waals surface area contributed by atoms with Gasteiger partial charge in [-0.2, -0.15) is 0 Å². The zero-order valence-corrected chi connectivity index (χ0v) is 15.6. The van der Waals surface area contributed by atoms with Gasteiger partial charge in [0.25, 0.3) is 5.91 Å². The molecule has 1 heterocycles. The number of amides is 2. The Morgan fingerprint density at radius 1 is 1.19 bits per heavy atom. The molecule has 2 aliphatic rings. The monoisotopic (exact) mass is 384 g/mol. The van der Waals surface area contributed by atoms with Crippen LogP contribution in [0.25, 0.3) is 0 Å². The molecular weight excluding hydrogens is 364 g/mol. The van der Waals surface area contributed by atoms with Crippen LogP contribution in [0.2, 0.25) is 5.02 Å². The van der Waals surface area contributed by atoms with Crippen molar-refractivity contribution in [2.45, 2.75) is 25.3 Å². The molecule has 2 aromatic carbocycles. The van der Waals surface area contributed by atoms with Gasteiger partial charge in [-0.05, 0) is 48.6 Å². The van der Waals surface area contributed by atoms with Crippen molar-refractivity contribution in [3.8, 4) is 5.75 Å². The van der Waals surface area contributed by atoms with Crippen molar-refractivity contribution >= 4 is 29.1 Å². The zero-order chi connectivity index (χ0) is 18.8. The van der Waals surface area contributed by atoms with Crippen LogP contribution in [0, 0.1) is 5.92 Å². The Morgan fingerprint density at radius 2 is 1.93 bits per heavy atom. The van der Waals surface area contributed by atoms with E-state index in [2.05, 4.69) is 5.32 Å². The third-order valence-corrected chi connectivity index (χ3v) is 5.26. The molecule has 27 heavy (non-hydrogen) atoms. The molecule has 140 valence electrons. The summed E-state index contributed by atoms with van der Waals surface area (Å²) in [4.78, 5) is 26.4. The van der Waals surface area contributed by atoms with Crippen molar-refractivity contribution in [2.24, 2.45) is 5.92 Å². The molecular formula is C21H21ClN2O3. The molecule has 1 aliphatic carbocycles. The van der Waals surface area contributed by atoms with E-state index in [0.29, 0.717) is 23.2 Å². The highest BCUT2D eigenvalue weighted by molar-refractivity contribution is 6.30. The lowest BCUT2D eigenvalue weighted by Gasteiger charge is -2.29. The summed E-state index contributed by atoms with van der Waals surface area (Å²) in [5.74, 6) is 0.965. The number of ether oxygens (including phenoxy) is 1. The fourth-order valence-electron chi connectivity index (χ4n) is 3.43. The van der Waals surface area contributed by atoms with Gasteiger partial charge in [0.1, 0.15) is 5.75 Å². The number of hydrogen-bond acceptors (Lipinski definition) is 3. The van der Waals surface area contributed by atoms with Crippen LogP contribution in [0.4, 0.5) is 5.69 Å². The molecule has 1 saturated carbocycles. The van der Waals surface area contributed by atoms with Gasteiger partial charge < -0.3 is 15.0 Å². The quantitative estimate of drug-likeness (QED) is 0.825. The van der Waals surface area contributed by atoms with Crippen LogP contribution in [0.1, 0.15) is 30.9 Å². The SMILES string of the molecule is O=C(CCN1C(=O)COc2ccccc21)NC(c1ccc(Cl)cc1)C1CC1. The number of nitrogens with zero attached hydrogens (tertiary/aromatic N) is 1. The van der Waals surface area contributed by atoms with E-state index < -0.39 is 0 Å². The van der Waals surface area contributed by atoms with E-state index in [4.69, 9.17) is 16.3 Å². The molecule has 6 heteroatoms. The van der Waals surface area contributed by atoms with Crippen LogP contribution in [-0.4, -0.2) is 25.0 Å². The number of para-hydroxylation sites is 2. The molecule has 4 rings (SSSR count). The number of fused-ring (bicyclic) bond motifs is 1. The van der Waals surface area contributed by atoms with E-state index in [-0.39, 0.29) is 30.9 Å². The summed E-state index contributed by atoms with van der Waals surface area (Å²) in [5, 5.41) is 3.83. The van der Waals surface area contributed by atoms with E-state index >= 15 is 0 Å². The first-order valence-electron chi connectivity index (χ1n) is 9.19. The Labute approximate surface area is 163 Å². The average Bonchev–Trinajstić information content (AvgIpc) is 3.51. The normalized spacial score (nSPS) is 17.1. The minimum absolute atomic E-state index is 0.00226. The maximum atomic E-state index is 12.6. The van der Waals surface area contributed by atoms with Crippen molar-refractivity contribution in [2.75, 3.05) is 18.1 Å². The Kier molecular flexibility index (Phi) is 5.03. The molecule has 5 nitrogen and oxygen atoms in total. The topological polar surface area (TPSA) is 58.6 Å². The smallest absolute Gasteiger partial charge is 0.265 e. The number of halogens is 1.